The molecule has 16 heavy (non-hydrogen) atoms. The van der Waals surface area contributed by atoms with Crippen molar-refractivity contribution < 1.29 is 9.84 Å². The number of hydrogen-bond acceptors (Lipinski definition) is 2. The summed E-state index contributed by atoms with van der Waals surface area (Å²) in [5.41, 5.74) is 0. The summed E-state index contributed by atoms with van der Waals surface area (Å²) in [6, 6.07) is 0. The first kappa shape index (κ1) is 14.0. The second-order valence-corrected chi connectivity index (χ2v) is 5.21. The highest BCUT2D eigenvalue weighted by molar-refractivity contribution is 4.95. The average Bonchev–Trinajstić information content (AvgIpc) is 2.59. The van der Waals surface area contributed by atoms with Gasteiger partial charge in [0.05, 0.1) is 0 Å². The van der Waals surface area contributed by atoms with E-state index in [1.54, 1.807) is 7.11 Å². The molecule has 0 spiro atoms. The fraction of sp³-hybridized carbons (Fsp3) is 1.00. The lowest BCUT2D eigenvalue weighted by molar-refractivity contribution is -0.238. The van der Waals surface area contributed by atoms with E-state index in [1.165, 1.54) is 19.3 Å². The molecule has 0 amide bonds. The van der Waals surface area contributed by atoms with Crippen LogP contribution in [-0.4, -0.2) is 18.0 Å². The Kier molecular flexibility index (Phi) is 5.26. The van der Waals surface area contributed by atoms with Gasteiger partial charge in [-0.1, -0.05) is 33.6 Å². The predicted molar refractivity (Wildman–Crippen MR) is 67.2 cm³/mol. The van der Waals surface area contributed by atoms with E-state index >= 15 is 0 Å². The van der Waals surface area contributed by atoms with Gasteiger partial charge in [0.1, 0.15) is 0 Å². The minimum atomic E-state index is -0.859. The molecule has 0 aromatic rings. The molecule has 1 rings (SSSR count). The van der Waals surface area contributed by atoms with E-state index in [1.807, 2.05) is 0 Å². The topological polar surface area (TPSA) is 29.5 Å². The largest absolute Gasteiger partial charge is 0.365 e. The second-order valence-electron chi connectivity index (χ2n) is 5.21. The summed E-state index contributed by atoms with van der Waals surface area (Å²) in [6.45, 7) is 6.56. The van der Waals surface area contributed by atoms with Crippen molar-refractivity contribution >= 4 is 0 Å². The monoisotopic (exact) mass is 228 g/mol. The Balaban J connectivity index is 2.75. The molecule has 0 radical (unpaired) electrons. The lowest BCUT2D eigenvalue weighted by Gasteiger charge is -2.34. The quantitative estimate of drug-likeness (QED) is 0.704. The Bertz CT molecular complexity index is 205. The normalized spacial score (nSPS) is 39.2. The predicted octanol–water partition coefficient (Wildman–Crippen LogP) is 3.58. The number of unbranched alkanes of at least 4 members (excludes halogenated alkanes) is 1. The van der Waals surface area contributed by atoms with Gasteiger partial charge < -0.3 is 9.84 Å². The minimum Gasteiger partial charge on any atom is -0.365 e. The third-order valence-electron chi connectivity index (χ3n) is 4.46. The highest BCUT2D eigenvalue weighted by Crippen LogP contribution is 2.49. The molecule has 1 fully saturated rings. The molecule has 0 bridgehead atoms. The third-order valence-corrected chi connectivity index (χ3v) is 4.46. The first-order valence-electron chi connectivity index (χ1n) is 6.91. The van der Waals surface area contributed by atoms with Gasteiger partial charge in [0, 0.05) is 18.9 Å². The molecular formula is C14H28O2. The van der Waals surface area contributed by atoms with Crippen molar-refractivity contribution in [2.24, 2.45) is 17.8 Å². The summed E-state index contributed by atoms with van der Waals surface area (Å²) in [5.74, 6) is 0.445. The maximum atomic E-state index is 10.7. The molecule has 1 N–H and O–H groups in total. The number of hydrogen-bond donors (Lipinski definition) is 1. The molecule has 0 heterocycles. The van der Waals surface area contributed by atoms with Crippen molar-refractivity contribution in [3.05, 3.63) is 0 Å². The summed E-state index contributed by atoms with van der Waals surface area (Å²) < 4.78 is 5.47. The SMILES string of the molecule is CCCCC1CC(CC)C(O)(OC)C1CC. The molecule has 2 nitrogen and oxygen atoms in total. The van der Waals surface area contributed by atoms with Crippen LogP contribution in [0.3, 0.4) is 0 Å². The molecule has 0 aliphatic heterocycles. The Labute approximate surface area is 100 Å². The summed E-state index contributed by atoms with van der Waals surface area (Å²) in [7, 11) is 1.66. The molecule has 0 aromatic carbocycles. The molecule has 0 saturated heterocycles. The molecule has 2 heteroatoms. The zero-order chi connectivity index (χ0) is 12.2. The Hall–Kier alpha value is -0.0800. The van der Waals surface area contributed by atoms with E-state index in [2.05, 4.69) is 20.8 Å². The summed E-state index contributed by atoms with van der Waals surface area (Å²) in [4.78, 5) is 0. The van der Waals surface area contributed by atoms with Crippen LogP contribution < -0.4 is 0 Å². The molecule has 1 aliphatic rings. The minimum absolute atomic E-state index is 0.323. The van der Waals surface area contributed by atoms with Gasteiger partial charge in [0.2, 0.25) is 0 Å². The van der Waals surface area contributed by atoms with Crippen LogP contribution in [0.5, 0.6) is 0 Å². The Morgan fingerprint density at radius 1 is 1.25 bits per heavy atom. The number of methoxy groups -OCH3 is 1. The maximum Gasteiger partial charge on any atom is 0.170 e. The zero-order valence-electron chi connectivity index (χ0n) is 11.3. The Morgan fingerprint density at radius 2 is 1.94 bits per heavy atom. The standard InChI is InChI=1S/C14H28O2/c1-5-8-9-11-10-12(6-2)14(15,16-4)13(11)7-3/h11-13,15H,5-10H2,1-4H3. The van der Waals surface area contributed by atoms with E-state index in [4.69, 9.17) is 4.74 Å². The fourth-order valence-electron chi connectivity index (χ4n) is 3.53. The zero-order valence-corrected chi connectivity index (χ0v) is 11.3. The van der Waals surface area contributed by atoms with Crippen LogP contribution in [0.2, 0.25) is 0 Å². The molecule has 4 atom stereocenters. The van der Waals surface area contributed by atoms with Gasteiger partial charge in [-0.15, -0.1) is 0 Å². The van der Waals surface area contributed by atoms with Crippen molar-refractivity contribution in [3.8, 4) is 0 Å². The van der Waals surface area contributed by atoms with Crippen LogP contribution in [0.25, 0.3) is 0 Å². The Morgan fingerprint density at radius 3 is 2.38 bits per heavy atom. The highest BCUT2D eigenvalue weighted by atomic mass is 16.6. The lowest BCUT2D eigenvalue weighted by Crippen LogP contribution is -2.42. The van der Waals surface area contributed by atoms with Crippen LogP contribution in [0.4, 0.5) is 0 Å². The van der Waals surface area contributed by atoms with Crippen molar-refractivity contribution in [1.82, 2.24) is 0 Å². The lowest BCUT2D eigenvalue weighted by atomic mass is 9.86. The molecule has 1 saturated carbocycles. The van der Waals surface area contributed by atoms with Crippen molar-refractivity contribution in [3.63, 3.8) is 0 Å². The maximum absolute atomic E-state index is 10.7. The van der Waals surface area contributed by atoms with Gasteiger partial charge in [0.25, 0.3) is 0 Å². The summed E-state index contributed by atoms with van der Waals surface area (Å²) in [5, 5.41) is 10.7. The molecule has 4 unspecified atom stereocenters. The fourth-order valence-corrected chi connectivity index (χ4v) is 3.53. The van der Waals surface area contributed by atoms with Gasteiger partial charge in [-0.3, -0.25) is 0 Å². The average molecular weight is 228 g/mol. The number of rotatable bonds is 6. The molecule has 1 aliphatic carbocycles. The van der Waals surface area contributed by atoms with Crippen LogP contribution in [-0.2, 0) is 4.74 Å². The molecular weight excluding hydrogens is 200 g/mol. The van der Waals surface area contributed by atoms with Crippen LogP contribution in [0.15, 0.2) is 0 Å². The smallest absolute Gasteiger partial charge is 0.170 e. The van der Waals surface area contributed by atoms with E-state index in [0.717, 1.165) is 19.3 Å². The van der Waals surface area contributed by atoms with Crippen molar-refractivity contribution in [1.29, 1.82) is 0 Å². The van der Waals surface area contributed by atoms with Crippen LogP contribution in [0.1, 0.15) is 59.3 Å². The van der Waals surface area contributed by atoms with E-state index < -0.39 is 5.79 Å². The van der Waals surface area contributed by atoms with E-state index in [-0.39, 0.29) is 0 Å². The van der Waals surface area contributed by atoms with Crippen LogP contribution >= 0.6 is 0 Å². The van der Waals surface area contributed by atoms with Gasteiger partial charge >= 0.3 is 0 Å². The summed E-state index contributed by atoms with van der Waals surface area (Å²) in [6.07, 6.45) is 6.95. The van der Waals surface area contributed by atoms with E-state index in [9.17, 15) is 5.11 Å². The van der Waals surface area contributed by atoms with Gasteiger partial charge in [0.15, 0.2) is 5.79 Å². The number of aliphatic hydroxyl groups is 1. The first-order valence-corrected chi connectivity index (χ1v) is 6.91. The summed E-state index contributed by atoms with van der Waals surface area (Å²) >= 11 is 0. The van der Waals surface area contributed by atoms with Gasteiger partial charge in [-0.05, 0) is 31.6 Å². The highest BCUT2D eigenvalue weighted by Gasteiger charge is 2.52. The second kappa shape index (κ2) is 6.02. The number of ether oxygens (including phenoxy) is 1. The van der Waals surface area contributed by atoms with Gasteiger partial charge in [-0.2, -0.15) is 0 Å². The van der Waals surface area contributed by atoms with Gasteiger partial charge in [-0.25, -0.2) is 0 Å². The van der Waals surface area contributed by atoms with Crippen molar-refractivity contribution in [2.45, 2.75) is 65.1 Å². The third kappa shape index (κ3) is 2.43. The molecule has 0 aromatic heterocycles. The van der Waals surface area contributed by atoms with Crippen LogP contribution in [0, 0.1) is 17.8 Å². The molecule has 96 valence electrons. The first-order chi connectivity index (χ1) is 7.63. The van der Waals surface area contributed by atoms with E-state index in [0.29, 0.717) is 17.8 Å². The van der Waals surface area contributed by atoms with Crippen molar-refractivity contribution in [2.75, 3.05) is 7.11 Å².